The van der Waals surface area contributed by atoms with E-state index < -0.39 is 27.8 Å². The minimum absolute atomic E-state index is 0.110. The molecule has 2 N–H and O–H groups in total. The molecule has 0 spiro atoms. The van der Waals surface area contributed by atoms with Gasteiger partial charge < -0.3 is 10.1 Å². The van der Waals surface area contributed by atoms with Gasteiger partial charge in [0.05, 0.1) is 11.5 Å². The molecule has 0 unspecified atom stereocenters. The number of benzene rings is 2. The van der Waals surface area contributed by atoms with Crippen LogP contribution in [0.4, 0.5) is 4.39 Å². The van der Waals surface area contributed by atoms with Crippen LogP contribution in [-0.4, -0.2) is 40.6 Å². The smallest absolute Gasteiger partial charge is 0.241 e. The quantitative estimate of drug-likeness (QED) is 0.646. The van der Waals surface area contributed by atoms with E-state index in [4.69, 9.17) is 4.74 Å². The van der Waals surface area contributed by atoms with Gasteiger partial charge in [-0.05, 0) is 36.2 Å². The lowest BCUT2D eigenvalue weighted by Crippen LogP contribution is -2.48. The molecule has 0 aliphatic carbocycles. The first-order chi connectivity index (χ1) is 12.4. The third-order valence-corrected chi connectivity index (χ3v) is 5.11. The second-order valence-corrected chi connectivity index (χ2v) is 7.32. The molecule has 0 heterocycles. The standard InChI is InChI=1S/C18H21FN2O4S/c1-25-12-11-20-18(22)17(13-14-5-3-2-4-6-14)21-26(23,24)16-9-7-15(19)8-10-16/h2-10,17,21H,11-13H2,1H3,(H,20,22)/t17-/m1/s1. The van der Waals surface area contributed by atoms with Crippen LogP contribution in [0.15, 0.2) is 59.5 Å². The van der Waals surface area contributed by atoms with E-state index in [0.29, 0.717) is 6.61 Å². The van der Waals surface area contributed by atoms with Gasteiger partial charge in [0.2, 0.25) is 15.9 Å². The third kappa shape index (κ3) is 5.91. The van der Waals surface area contributed by atoms with Crippen molar-refractivity contribution in [2.75, 3.05) is 20.3 Å². The molecule has 2 aromatic rings. The number of hydrogen-bond donors (Lipinski definition) is 2. The fraction of sp³-hybridized carbons (Fsp3) is 0.278. The van der Waals surface area contributed by atoms with E-state index in [1.807, 2.05) is 30.3 Å². The molecule has 0 radical (unpaired) electrons. The minimum atomic E-state index is -3.98. The van der Waals surface area contributed by atoms with Gasteiger partial charge in [-0.1, -0.05) is 30.3 Å². The van der Waals surface area contributed by atoms with E-state index in [9.17, 15) is 17.6 Å². The Kier molecular flexibility index (Phi) is 7.26. The largest absolute Gasteiger partial charge is 0.383 e. The predicted octanol–water partition coefficient (Wildman–Crippen LogP) is 1.48. The summed E-state index contributed by atoms with van der Waals surface area (Å²) in [6, 6.07) is 12.5. The number of hydrogen-bond acceptors (Lipinski definition) is 4. The molecule has 0 aromatic heterocycles. The van der Waals surface area contributed by atoms with E-state index in [0.717, 1.165) is 29.8 Å². The summed E-state index contributed by atoms with van der Waals surface area (Å²) in [7, 11) is -2.48. The fourth-order valence-electron chi connectivity index (χ4n) is 2.31. The molecule has 26 heavy (non-hydrogen) atoms. The van der Waals surface area contributed by atoms with Crippen molar-refractivity contribution in [3.05, 3.63) is 66.0 Å². The van der Waals surface area contributed by atoms with Crippen LogP contribution >= 0.6 is 0 Å². The second kappa shape index (κ2) is 9.42. The molecule has 0 aliphatic rings. The van der Waals surface area contributed by atoms with Crippen molar-refractivity contribution in [3.8, 4) is 0 Å². The zero-order chi connectivity index (χ0) is 19.0. The Morgan fingerprint density at radius 3 is 2.38 bits per heavy atom. The first kappa shape index (κ1) is 20.0. The van der Waals surface area contributed by atoms with Crippen molar-refractivity contribution in [3.63, 3.8) is 0 Å². The third-order valence-electron chi connectivity index (χ3n) is 3.63. The van der Waals surface area contributed by atoms with Gasteiger partial charge >= 0.3 is 0 Å². The summed E-state index contributed by atoms with van der Waals surface area (Å²) in [6.45, 7) is 0.577. The number of carbonyl (C=O) groups is 1. The Balaban J connectivity index is 2.19. The first-order valence-electron chi connectivity index (χ1n) is 8.01. The summed E-state index contributed by atoms with van der Waals surface area (Å²) in [4.78, 5) is 12.3. The van der Waals surface area contributed by atoms with Gasteiger partial charge in [0.1, 0.15) is 11.9 Å². The summed E-state index contributed by atoms with van der Waals surface area (Å²) in [5, 5.41) is 2.64. The average molecular weight is 380 g/mol. The molecule has 1 amide bonds. The summed E-state index contributed by atoms with van der Waals surface area (Å²) in [5.74, 6) is -1.00. The van der Waals surface area contributed by atoms with Crippen LogP contribution in [0.1, 0.15) is 5.56 Å². The SMILES string of the molecule is COCCNC(=O)[C@@H](Cc1ccccc1)NS(=O)(=O)c1ccc(F)cc1. The molecule has 2 rings (SSSR count). The van der Waals surface area contributed by atoms with E-state index in [2.05, 4.69) is 10.0 Å². The number of nitrogens with one attached hydrogen (secondary N) is 2. The molecular weight excluding hydrogens is 359 g/mol. The van der Waals surface area contributed by atoms with Gasteiger partial charge in [-0.25, -0.2) is 12.8 Å². The highest BCUT2D eigenvalue weighted by Gasteiger charge is 2.26. The van der Waals surface area contributed by atoms with Crippen LogP contribution in [0.5, 0.6) is 0 Å². The highest BCUT2D eigenvalue weighted by atomic mass is 32.2. The van der Waals surface area contributed by atoms with Crippen LogP contribution in [0.25, 0.3) is 0 Å². The Morgan fingerprint density at radius 2 is 1.77 bits per heavy atom. The number of carbonyl (C=O) groups excluding carboxylic acids is 1. The Bertz CT molecular complexity index is 811. The van der Waals surface area contributed by atoms with Crippen molar-refractivity contribution < 1.29 is 22.3 Å². The van der Waals surface area contributed by atoms with Gasteiger partial charge in [-0.2, -0.15) is 4.72 Å². The predicted molar refractivity (Wildman–Crippen MR) is 95.5 cm³/mol. The molecule has 0 saturated heterocycles. The van der Waals surface area contributed by atoms with Crippen LogP contribution in [-0.2, 0) is 26.0 Å². The highest BCUT2D eigenvalue weighted by molar-refractivity contribution is 7.89. The van der Waals surface area contributed by atoms with Gasteiger partial charge in [-0.15, -0.1) is 0 Å². The molecule has 2 aromatic carbocycles. The van der Waals surface area contributed by atoms with Crippen LogP contribution in [0, 0.1) is 5.82 Å². The lowest BCUT2D eigenvalue weighted by Gasteiger charge is -2.19. The van der Waals surface area contributed by atoms with E-state index in [1.54, 1.807) is 0 Å². The van der Waals surface area contributed by atoms with Crippen molar-refractivity contribution >= 4 is 15.9 Å². The number of rotatable bonds is 9. The molecule has 0 aliphatic heterocycles. The van der Waals surface area contributed by atoms with Crippen LogP contribution in [0.2, 0.25) is 0 Å². The van der Waals surface area contributed by atoms with E-state index >= 15 is 0 Å². The number of halogens is 1. The maximum absolute atomic E-state index is 13.0. The lowest BCUT2D eigenvalue weighted by atomic mass is 10.1. The molecule has 0 saturated carbocycles. The first-order valence-corrected chi connectivity index (χ1v) is 9.49. The van der Waals surface area contributed by atoms with Crippen molar-refractivity contribution in [1.29, 1.82) is 0 Å². The summed E-state index contributed by atoms with van der Waals surface area (Å²) in [5.41, 5.74) is 0.807. The van der Waals surface area contributed by atoms with E-state index in [1.165, 1.54) is 7.11 Å². The lowest BCUT2D eigenvalue weighted by molar-refractivity contribution is -0.122. The van der Waals surface area contributed by atoms with Crippen LogP contribution in [0.3, 0.4) is 0 Å². The molecule has 140 valence electrons. The molecular formula is C18H21FN2O4S. The summed E-state index contributed by atoms with van der Waals surface area (Å²) >= 11 is 0. The Morgan fingerprint density at radius 1 is 1.12 bits per heavy atom. The number of methoxy groups -OCH3 is 1. The maximum atomic E-state index is 13.0. The summed E-state index contributed by atoms with van der Waals surface area (Å²) < 4.78 is 45.4. The molecule has 0 bridgehead atoms. The number of amides is 1. The maximum Gasteiger partial charge on any atom is 0.241 e. The number of ether oxygens (including phenoxy) is 1. The molecule has 0 fully saturated rings. The van der Waals surface area contributed by atoms with Crippen LogP contribution < -0.4 is 10.0 Å². The second-order valence-electron chi connectivity index (χ2n) is 5.60. The molecule has 6 nitrogen and oxygen atoms in total. The number of sulfonamides is 1. The normalized spacial score (nSPS) is 12.5. The van der Waals surface area contributed by atoms with Crippen molar-refractivity contribution in [2.24, 2.45) is 0 Å². The van der Waals surface area contributed by atoms with Gasteiger partial charge in [0.15, 0.2) is 0 Å². The monoisotopic (exact) mass is 380 g/mol. The average Bonchev–Trinajstić information content (AvgIpc) is 2.62. The molecule has 1 atom stereocenters. The topological polar surface area (TPSA) is 84.5 Å². The Labute approximate surface area is 152 Å². The molecule has 8 heteroatoms. The fourth-order valence-corrected chi connectivity index (χ4v) is 3.50. The van der Waals surface area contributed by atoms with Gasteiger partial charge in [0, 0.05) is 13.7 Å². The van der Waals surface area contributed by atoms with E-state index in [-0.39, 0.29) is 17.9 Å². The summed E-state index contributed by atoms with van der Waals surface area (Å²) in [6.07, 6.45) is 0.181. The van der Waals surface area contributed by atoms with Gasteiger partial charge in [-0.3, -0.25) is 4.79 Å². The van der Waals surface area contributed by atoms with Crippen molar-refractivity contribution in [2.45, 2.75) is 17.4 Å². The highest BCUT2D eigenvalue weighted by Crippen LogP contribution is 2.12. The zero-order valence-corrected chi connectivity index (χ0v) is 15.1. The zero-order valence-electron chi connectivity index (χ0n) is 14.3. The van der Waals surface area contributed by atoms with Gasteiger partial charge in [0.25, 0.3) is 0 Å². The van der Waals surface area contributed by atoms with Crippen molar-refractivity contribution in [1.82, 2.24) is 10.0 Å². The minimum Gasteiger partial charge on any atom is -0.383 e. The Hall–Kier alpha value is -2.29.